The summed E-state index contributed by atoms with van der Waals surface area (Å²) in [5.74, 6) is 1.06. The van der Waals surface area contributed by atoms with Crippen LogP contribution in [0.2, 0.25) is 0 Å². The van der Waals surface area contributed by atoms with Crippen molar-refractivity contribution >= 4 is 26.8 Å². The van der Waals surface area contributed by atoms with E-state index in [1.54, 1.807) is 55.6 Å². The number of nitrogens with one attached hydrogen (secondary N) is 1. The number of imidazole rings is 1. The maximum absolute atomic E-state index is 12.0. The molecule has 10 heteroatoms. The summed E-state index contributed by atoms with van der Waals surface area (Å²) < 4.78 is 40.5. The highest BCUT2D eigenvalue weighted by Gasteiger charge is 2.16. The summed E-state index contributed by atoms with van der Waals surface area (Å²) in [6.45, 7) is 2.05. The summed E-state index contributed by atoms with van der Waals surface area (Å²) in [6, 6.07) is 22.2. The van der Waals surface area contributed by atoms with Crippen molar-refractivity contribution in [1.29, 1.82) is 0 Å². The molecule has 0 radical (unpaired) electrons. The van der Waals surface area contributed by atoms with Crippen molar-refractivity contribution in [3.8, 4) is 34.5 Å². The molecular formula is C28H25N3O6S. The molecule has 0 amide bonds. The zero-order chi connectivity index (χ0) is 26.7. The second-order valence-electron chi connectivity index (χ2n) is 8.31. The lowest BCUT2D eigenvalue weighted by molar-refractivity contribution is 0.0526. The Hall–Kier alpha value is -4.70. The van der Waals surface area contributed by atoms with Crippen LogP contribution in [0, 0.1) is 0 Å². The molecular weight excluding hydrogens is 506 g/mol. The van der Waals surface area contributed by atoms with Gasteiger partial charge < -0.3 is 19.2 Å². The van der Waals surface area contributed by atoms with Gasteiger partial charge in [-0.2, -0.15) is 4.98 Å². The van der Waals surface area contributed by atoms with E-state index in [1.807, 2.05) is 24.3 Å². The zero-order valence-corrected chi connectivity index (χ0v) is 21.4. The Bertz CT molecular complexity index is 1700. The van der Waals surface area contributed by atoms with E-state index in [-0.39, 0.29) is 12.3 Å². The Kier molecular flexibility index (Phi) is 6.80. The van der Waals surface area contributed by atoms with Gasteiger partial charge >= 0.3 is 5.97 Å². The predicted molar refractivity (Wildman–Crippen MR) is 144 cm³/mol. The Morgan fingerprint density at radius 1 is 0.947 bits per heavy atom. The summed E-state index contributed by atoms with van der Waals surface area (Å²) in [4.78, 5) is 24.3. The van der Waals surface area contributed by atoms with E-state index in [0.717, 1.165) is 11.8 Å². The van der Waals surface area contributed by atoms with E-state index in [1.165, 1.54) is 12.1 Å². The van der Waals surface area contributed by atoms with E-state index in [4.69, 9.17) is 14.2 Å². The first-order valence-electron chi connectivity index (χ1n) is 11.7. The second-order valence-corrected chi connectivity index (χ2v) is 10.3. The molecule has 38 heavy (non-hydrogen) atoms. The average Bonchev–Trinajstić information content (AvgIpc) is 3.30. The lowest BCUT2D eigenvalue weighted by Crippen LogP contribution is -2.04. The van der Waals surface area contributed by atoms with Crippen LogP contribution in [0.15, 0.2) is 90.0 Å². The van der Waals surface area contributed by atoms with Crippen LogP contribution in [-0.2, 0) is 14.6 Å². The summed E-state index contributed by atoms with van der Waals surface area (Å²) >= 11 is 0. The molecule has 5 rings (SSSR count). The number of rotatable bonds is 8. The topological polar surface area (TPSA) is 120 Å². The van der Waals surface area contributed by atoms with Gasteiger partial charge in [-0.15, -0.1) is 0 Å². The fraction of sp³-hybridized carbons (Fsp3) is 0.107. The summed E-state index contributed by atoms with van der Waals surface area (Å²) in [6.07, 6.45) is 2.84. The van der Waals surface area contributed by atoms with E-state index >= 15 is 0 Å². The Morgan fingerprint density at radius 2 is 1.66 bits per heavy atom. The molecule has 0 aliphatic rings. The van der Waals surface area contributed by atoms with Gasteiger partial charge in [0.2, 0.25) is 0 Å². The number of H-pyrrole nitrogens is 1. The van der Waals surface area contributed by atoms with Crippen molar-refractivity contribution in [2.75, 3.05) is 12.9 Å². The van der Waals surface area contributed by atoms with Gasteiger partial charge in [-0.3, -0.25) is 4.98 Å². The number of fused-ring (bicyclic) bond motifs is 1. The molecule has 0 saturated heterocycles. The van der Waals surface area contributed by atoms with Gasteiger partial charge in [-0.1, -0.05) is 6.07 Å². The lowest BCUT2D eigenvalue weighted by Gasteiger charge is -2.11. The highest BCUT2D eigenvalue weighted by atomic mass is 32.2. The van der Waals surface area contributed by atoms with E-state index in [2.05, 4.69) is 15.0 Å². The third kappa shape index (κ3) is 5.50. The molecule has 194 valence electrons. The Morgan fingerprint density at radius 3 is 2.32 bits per heavy atom. The largest absolute Gasteiger partial charge is 0.462 e. The molecule has 3 aromatic carbocycles. The summed E-state index contributed by atoms with van der Waals surface area (Å²) in [7, 11) is -3.31. The van der Waals surface area contributed by atoms with Crippen LogP contribution in [0.25, 0.3) is 22.3 Å². The minimum absolute atomic E-state index is 0. The van der Waals surface area contributed by atoms with Crippen molar-refractivity contribution in [2.45, 2.75) is 11.8 Å². The van der Waals surface area contributed by atoms with Crippen molar-refractivity contribution in [3.63, 3.8) is 0 Å². The number of carbonyl (C=O) groups is 1. The van der Waals surface area contributed by atoms with E-state index in [9.17, 15) is 13.2 Å². The molecule has 1 N–H and O–H groups in total. The average molecular weight is 532 g/mol. The lowest BCUT2D eigenvalue weighted by atomic mass is 10.1. The SMILES string of the molecule is CCOC(=O)c1ccc(Oc2cc3nc(Oc4ccc(S(C)(=O)=O)cc4)[nH]c3cc2-c2ccccn2)cc1.[HH]. The number of aromatic amines is 1. The number of ether oxygens (including phenoxy) is 3. The normalized spacial score (nSPS) is 11.3. The third-order valence-corrected chi connectivity index (χ3v) is 6.69. The number of sulfone groups is 1. The van der Waals surface area contributed by atoms with E-state index in [0.29, 0.717) is 46.1 Å². The molecule has 0 aliphatic carbocycles. The van der Waals surface area contributed by atoms with Crippen LogP contribution < -0.4 is 9.47 Å². The van der Waals surface area contributed by atoms with Crippen molar-refractivity contribution in [3.05, 3.63) is 90.6 Å². The highest BCUT2D eigenvalue weighted by molar-refractivity contribution is 7.90. The number of benzene rings is 3. The van der Waals surface area contributed by atoms with Gasteiger partial charge in [0.05, 0.1) is 33.8 Å². The highest BCUT2D eigenvalue weighted by Crippen LogP contribution is 2.36. The van der Waals surface area contributed by atoms with Gasteiger partial charge in [0, 0.05) is 25.5 Å². The van der Waals surface area contributed by atoms with Crippen LogP contribution >= 0.6 is 0 Å². The first-order chi connectivity index (χ1) is 18.3. The molecule has 9 nitrogen and oxygen atoms in total. The summed E-state index contributed by atoms with van der Waals surface area (Å²) in [5, 5.41) is 0. The minimum Gasteiger partial charge on any atom is -0.462 e. The quantitative estimate of drug-likeness (QED) is 0.241. The molecule has 5 aromatic rings. The van der Waals surface area contributed by atoms with E-state index < -0.39 is 15.8 Å². The molecule has 0 fully saturated rings. The fourth-order valence-electron chi connectivity index (χ4n) is 3.74. The Balaban J connectivity index is 0.00000353. The smallest absolute Gasteiger partial charge is 0.338 e. The zero-order valence-electron chi connectivity index (χ0n) is 20.5. The molecule has 0 unspecified atom stereocenters. The van der Waals surface area contributed by atoms with Crippen molar-refractivity contribution in [2.24, 2.45) is 0 Å². The van der Waals surface area contributed by atoms with Gasteiger partial charge in [0.25, 0.3) is 6.01 Å². The molecule has 0 atom stereocenters. The van der Waals surface area contributed by atoms with Gasteiger partial charge in [0.1, 0.15) is 17.2 Å². The minimum atomic E-state index is -3.31. The molecule has 0 saturated carbocycles. The number of aromatic nitrogens is 3. The van der Waals surface area contributed by atoms with Crippen molar-refractivity contribution < 1.29 is 28.8 Å². The van der Waals surface area contributed by atoms with Gasteiger partial charge in [-0.05, 0) is 73.7 Å². The number of esters is 1. The third-order valence-electron chi connectivity index (χ3n) is 5.56. The monoisotopic (exact) mass is 531 g/mol. The number of hydrogen-bond acceptors (Lipinski definition) is 8. The maximum atomic E-state index is 12.0. The second kappa shape index (κ2) is 10.3. The van der Waals surface area contributed by atoms with Gasteiger partial charge in [-0.25, -0.2) is 13.2 Å². The molecule has 2 aromatic heterocycles. The van der Waals surface area contributed by atoms with Crippen molar-refractivity contribution in [1.82, 2.24) is 15.0 Å². The molecule has 0 bridgehead atoms. The van der Waals surface area contributed by atoms with Crippen LogP contribution in [0.1, 0.15) is 18.7 Å². The number of pyridine rings is 1. The summed E-state index contributed by atoms with van der Waals surface area (Å²) in [5.41, 5.74) is 3.13. The first-order valence-corrected chi connectivity index (χ1v) is 13.6. The number of carbonyl (C=O) groups excluding carboxylic acids is 1. The van der Waals surface area contributed by atoms with Crippen LogP contribution in [0.5, 0.6) is 23.3 Å². The molecule has 2 heterocycles. The Labute approximate surface area is 220 Å². The van der Waals surface area contributed by atoms with Gasteiger partial charge in [0.15, 0.2) is 9.84 Å². The van der Waals surface area contributed by atoms with Crippen LogP contribution in [-0.4, -0.2) is 42.2 Å². The first kappa shape index (κ1) is 25.0. The number of hydrogen-bond donors (Lipinski definition) is 1. The molecule has 0 spiro atoms. The van der Waals surface area contributed by atoms with Crippen LogP contribution in [0.3, 0.4) is 0 Å². The predicted octanol–water partition coefficient (Wildman–Crippen LogP) is 6.04. The number of nitrogens with zero attached hydrogens (tertiary/aromatic N) is 2. The maximum Gasteiger partial charge on any atom is 0.338 e. The fourth-order valence-corrected chi connectivity index (χ4v) is 4.37. The van der Waals surface area contributed by atoms with Crippen LogP contribution in [0.4, 0.5) is 0 Å². The standard InChI is InChI=1S/C28H23N3O6S.H2/c1-3-35-27(32)18-7-9-19(10-8-18)36-26-17-25-24(16-22(26)23-6-4-5-15-29-23)30-28(31-25)37-20-11-13-21(14-12-20)38(2,33)34;/h4-17H,3H2,1-2H3,(H,30,31);1H. The molecule has 0 aliphatic heterocycles.